The maximum atomic E-state index is 12.3. The molecule has 2 heterocycles. The SMILES string of the molecule is Cn1cnc([N+](=O)[O-])c1-n1cnc(-c2cccc(OC(F)(F)F)c2)n1. The van der Waals surface area contributed by atoms with Crippen LogP contribution in [-0.2, 0) is 7.05 Å². The second-order valence-corrected chi connectivity index (χ2v) is 4.85. The molecule has 0 aliphatic carbocycles. The lowest BCUT2D eigenvalue weighted by atomic mass is 10.2. The molecule has 12 heteroatoms. The normalized spacial score (nSPS) is 11.5. The number of benzene rings is 1. The molecule has 3 aromatic rings. The molecule has 0 aliphatic heterocycles. The third-order valence-corrected chi connectivity index (χ3v) is 3.09. The van der Waals surface area contributed by atoms with Crippen LogP contribution in [0.5, 0.6) is 5.75 Å². The highest BCUT2D eigenvalue weighted by atomic mass is 19.4. The van der Waals surface area contributed by atoms with Crippen LogP contribution in [0.1, 0.15) is 0 Å². The van der Waals surface area contributed by atoms with Crippen LogP contribution in [0.15, 0.2) is 36.9 Å². The molecule has 0 spiro atoms. The van der Waals surface area contributed by atoms with Crippen molar-refractivity contribution in [2.75, 3.05) is 0 Å². The molecule has 2 aromatic heterocycles. The number of imidazole rings is 1. The third kappa shape index (κ3) is 3.41. The van der Waals surface area contributed by atoms with Gasteiger partial charge < -0.3 is 14.9 Å². The van der Waals surface area contributed by atoms with Crippen molar-refractivity contribution in [2.24, 2.45) is 7.05 Å². The molecule has 0 atom stereocenters. The van der Waals surface area contributed by atoms with Crippen LogP contribution < -0.4 is 4.74 Å². The summed E-state index contributed by atoms with van der Waals surface area (Å²) in [4.78, 5) is 18.0. The van der Waals surface area contributed by atoms with E-state index in [9.17, 15) is 23.3 Å². The summed E-state index contributed by atoms with van der Waals surface area (Å²) in [6.07, 6.45) is -2.37. The fraction of sp³-hybridized carbons (Fsp3) is 0.154. The van der Waals surface area contributed by atoms with E-state index in [1.54, 1.807) is 0 Å². The lowest BCUT2D eigenvalue weighted by Gasteiger charge is -2.08. The van der Waals surface area contributed by atoms with Crippen LogP contribution in [0.25, 0.3) is 17.2 Å². The molecular weight excluding hydrogens is 345 g/mol. The number of hydrogen-bond acceptors (Lipinski definition) is 6. The van der Waals surface area contributed by atoms with Gasteiger partial charge in [-0.15, -0.1) is 18.3 Å². The molecule has 0 amide bonds. The van der Waals surface area contributed by atoms with Crippen molar-refractivity contribution in [3.05, 3.63) is 47.0 Å². The van der Waals surface area contributed by atoms with Gasteiger partial charge in [0.05, 0.1) is 0 Å². The van der Waals surface area contributed by atoms with Crippen LogP contribution >= 0.6 is 0 Å². The predicted molar refractivity (Wildman–Crippen MR) is 76.9 cm³/mol. The van der Waals surface area contributed by atoms with Crippen molar-refractivity contribution in [1.82, 2.24) is 24.3 Å². The third-order valence-electron chi connectivity index (χ3n) is 3.09. The first-order valence-electron chi connectivity index (χ1n) is 6.68. The zero-order valence-electron chi connectivity index (χ0n) is 12.5. The highest BCUT2D eigenvalue weighted by Gasteiger charge is 2.31. The van der Waals surface area contributed by atoms with Gasteiger partial charge in [0, 0.05) is 12.6 Å². The maximum Gasteiger partial charge on any atom is 0.573 e. The summed E-state index contributed by atoms with van der Waals surface area (Å²) in [5, 5.41) is 15.1. The number of aromatic nitrogens is 5. The predicted octanol–water partition coefficient (Wildman–Crippen LogP) is 2.47. The molecule has 0 fully saturated rings. The Bertz CT molecular complexity index is 933. The quantitative estimate of drug-likeness (QED) is 0.527. The lowest BCUT2D eigenvalue weighted by molar-refractivity contribution is -0.389. The number of aryl methyl sites for hydroxylation is 1. The monoisotopic (exact) mass is 354 g/mol. The summed E-state index contributed by atoms with van der Waals surface area (Å²) in [5.74, 6) is -0.712. The molecule has 130 valence electrons. The number of hydrogen-bond donors (Lipinski definition) is 0. The van der Waals surface area contributed by atoms with Gasteiger partial charge in [-0.1, -0.05) is 12.1 Å². The highest BCUT2D eigenvalue weighted by Crippen LogP contribution is 2.27. The second-order valence-electron chi connectivity index (χ2n) is 4.85. The largest absolute Gasteiger partial charge is 0.573 e. The first kappa shape index (κ1) is 16.4. The van der Waals surface area contributed by atoms with Crippen molar-refractivity contribution < 1.29 is 22.8 Å². The first-order chi connectivity index (χ1) is 11.7. The average Bonchev–Trinajstić information content (AvgIpc) is 3.12. The minimum atomic E-state index is -4.82. The zero-order chi connectivity index (χ0) is 18.2. The van der Waals surface area contributed by atoms with Gasteiger partial charge in [-0.2, -0.15) is 4.68 Å². The zero-order valence-corrected chi connectivity index (χ0v) is 12.5. The Balaban J connectivity index is 1.96. The molecule has 0 bridgehead atoms. The van der Waals surface area contributed by atoms with E-state index in [1.165, 1.54) is 36.4 Å². The number of nitrogens with zero attached hydrogens (tertiary/aromatic N) is 6. The Morgan fingerprint density at radius 3 is 2.68 bits per heavy atom. The molecule has 0 saturated carbocycles. The first-order valence-corrected chi connectivity index (χ1v) is 6.68. The molecule has 0 unspecified atom stereocenters. The summed E-state index contributed by atoms with van der Waals surface area (Å²) in [6, 6.07) is 5.09. The van der Waals surface area contributed by atoms with Crippen molar-refractivity contribution in [3.63, 3.8) is 0 Å². The Kier molecular flexibility index (Phi) is 3.87. The topological polar surface area (TPSA) is 101 Å². The summed E-state index contributed by atoms with van der Waals surface area (Å²) in [6.45, 7) is 0. The number of ether oxygens (including phenoxy) is 1. The summed E-state index contributed by atoms with van der Waals surface area (Å²) in [5.41, 5.74) is 0.255. The minimum Gasteiger partial charge on any atom is -0.406 e. The number of alkyl halides is 3. The van der Waals surface area contributed by atoms with Crippen LogP contribution in [0, 0.1) is 10.1 Å². The van der Waals surface area contributed by atoms with Gasteiger partial charge in [0.15, 0.2) is 5.82 Å². The second kappa shape index (κ2) is 5.89. The fourth-order valence-electron chi connectivity index (χ4n) is 2.13. The minimum absolute atomic E-state index is 0.0615. The molecule has 0 saturated heterocycles. The highest BCUT2D eigenvalue weighted by molar-refractivity contribution is 5.57. The Labute approximate surface area is 137 Å². The summed E-state index contributed by atoms with van der Waals surface area (Å²) < 4.78 is 43.2. The number of halogens is 3. The Morgan fingerprint density at radius 1 is 1.24 bits per heavy atom. The van der Waals surface area contributed by atoms with E-state index in [1.807, 2.05) is 0 Å². The molecule has 9 nitrogen and oxygen atoms in total. The smallest absolute Gasteiger partial charge is 0.406 e. The molecule has 0 radical (unpaired) electrons. The van der Waals surface area contributed by atoms with Gasteiger partial charge in [0.2, 0.25) is 12.1 Å². The number of rotatable bonds is 4. The fourth-order valence-corrected chi connectivity index (χ4v) is 2.13. The van der Waals surface area contributed by atoms with Gasteiger partial charge in [-0.3, -0.25) is 4.57 Å². The Morgan fingerprint density at radius 2 is 2.00 bits per heavy atom. The molecule has 1 aromatic carbocycles. The van der Waals surface area contributed by atoms with Gasteiger partial charge in [0.25, 0.3) is 0 Å². The van der Waals surface area contributed by atoms with Crippen LogP contribution in [0.4, 0.5) is 19.0 Å². The van der Waals surface area contributed by atoms with Gasteiger partial charge in [0.1, 0.15) is 12.1 Å². The van der Waals surface area contributed by atoms with Gasteiger partial charge in [-0.25, -0.2) is 4.98 Å². The lowest BCUT2D eigenvalue weighted by Crippen LogP contribution is -2.17. The van der Waals surface area contributed by atoms with E-state index < -0.39 is 22.9 Å². The number of nitro groups is 1. The average molecular weight is 354 g/mol. The van der Waals surface area contributed by atoms with Gasteiger partial charge in [-0.05, 0) is 22.0 Å². The van der Waals surface area contributed by atoms with Crippen LogP contribution in [0.2, 0.25) is 0 Å². The van der Waals surface area contributed by atoms with E-state index in [0.29, 0.717) is 0 Å². The summed E-state index contributed by atoms with van der Waals surface area (Å²) in [7, 11) is 1.54. The van der Waals surface area contributed by atoms with Crippen molar-refractivity contribution >= 4 is 5.82 Å². The van der Waals surface area contributed by atoms with E-state index in [4.69, 9.17) is 0 Å². The van der Waals surface area contributed by atoms with E-state index >= 15 is 0 Å². The molecular formula is C13H9F3N6O3. The summed E-state index contributed by atoms with van der Waals surface area (Å²) >= 11 is 0. The van der Waals surface area contributed by atoms with Crippen LogP contribution in [0.3, 0.4) is 0 Å². The van der Waals surface area contributed by atoms with Crippen molar-refractivity contribution in [1.29, 1.82) is 0 Å². The molecule has 0 aliphatic rings. The molecule has 3 rings (SSSR count). The standard InChI is InChI=1S/C13H9F3N6O3/c1-20-6-18-11(22(23)24)12(20)21-7-17-10(19-21)8-3-2-4-9(5-8)25-13(14,15)16/h2-7H,1H3. The molecule has 25 heavy (non-hydrogen) atoms. The van der Waals surface area contributed by atoms with Crippen molar-refractivity contribution in [3.8, 4) is 23.0 Å². The van der Waals surface area contributed by atoms with E-state index in [2.05, 4.69) is 19.8 Å². The van der Waals surface area contributed by atoms with E-state index in [-0.39, 0.29) is 17.2 Å². The van der Waals surface area contributed by atoms with Gasteiger partial charge >= 0.3 is 12.2 Å². The Hall–Kier alpha value is -3.44. The van der Waals surface area contributed by atoms with Crippen molar-refractivity contribution in [2.45, 2.75) is 6.36 Å². The van der Waals surface area contributed by atoms with Crippen LogP contribution in [-0.4, -0.2) is 35.6 Å². The van der Waals surface area contributed by atoms with E-state index in [0.717, 1.165) is 16.8 Å². The maximum absolute atomic E-state index is 12.3. The molecule has 0 N–H and O–H groups in total.